The fourth-order valence-corrected chi connectivity index (χ4v) is 3.43. The van der Waals surface area contributed by atoms with Crippen LogP contribution in [0.3, 0.4) is 0 Å². The predicted molar refractivity (Wildman–Crippen MR) is 122 cm³/mol. The number of rotatable bonds is 6. The van der Waals surface area contributed by atoms with Crippen LogP contribution < -0.4 is 15.0 Å². The van der Waals surface area contributed by atoms with E-state index in [9.17, 15) is 9.90 Å². The van der Waals surface area contributed by atoms with E-state index in [4.69, 9.17) is 9.47 Å². The largest absolute Gasteiger partial charge is 0.506 e. The predicted octanol–water partition coefficient (Wildman–Crippen LogP) is 4.33. The fourth-order valence-electron chi connectivity index (χ4n) is 2.98. The Hall–Kier alpha value is -3.65. The van der Waals surface area contributed by atoms with E-state index in [0.717, 1.165) is 0 Å². The second kappa shape index (κ2) is 9.01. The molecule has 0 spiro atoms. The number of halogens is 1. The van der Waals surface area contributed by atoms with Gasteiger partial charge in [0.05, 0.1) is 28.7 Å². The average molecular weight is 480 g/mol. The number of fused-ring (bicyclic) bond motifs is 1. The molecule has 1 heterocycles. The summed E-state index contributed by atoms with van der Waals surface area (Å²) in [6.07, 6.45) is 1.38. The zero-order valence-electron chi connectivity index (χ0n) is 16.5. The zero-order valence-corrected chi connectivity index (χ0v) is 18.1. The highest BCUT2D eigenvalue weighted by molar-refractivity contribution is 9.10. The van der Waals surface area contributed by atoms with Crippen molar-refractivity contribution in [2.75, 3.05) is 7.11 Å². The molecule has 0 fully saturated rings. The summed E-state index contributed by atoms with van der Waals surface area (Å²) in [6, 6.07) is 19.5. The summed E-state index contributed by atoms with van der Waals surface area (Å²) < 4.78 is 12.7. The van der Waals surface area contributed by atoms with Crippen molar-refractivity contribution >= 4 is 33.0 Å². The summed E-state index contributed by atoms with van der Waals surface area (Å²) in [5, 5.41) is 15.1. The first-order valence-corrected chi connectivity index (χ1v) is 10.2. The van der Waals surface area contributed by atoms with Crippen molar-refractivity contribution in [2.45, 2.75) is 6.61 Å². The van der Waals surface area contributed by atoms with Crippen molar-refractivity contribution in [3.8, 4) is 17.2 Å². The Morgan fingerprint density at radius 3 is 2.61 bits per heavy atom. The van der Waals surface area contributed by atoms with Crippen LogP contribution in [-0.2, 0) is 6.61 Å². The van der Waals surface area contributed by atoms with Gasteiger partial charge >= 0.3 is 0 Å². The van der Waals surface area contributed by atoms with E-state index < -0.39 is 0 Å². The first-order valence-electron chi connectivity index (χ1n) is 9.36. The lowest BCUT2D eigenvalue weighted by Crippen LogP contribution is -2.23. The second-order valence-electron chi connectivity index (χ2n) is 6.56. The van der Waals surface area contributed by atoms with Gasteiger partial charge in [-0.2, -0.15) is 9.78 Å². The van der Waals surface area contributed by atoms with E-state index >= 15 is 0 Å². The van der Waals surface area contributed by atoms with Gasteiger partial charge in [0.2, 0.25) is 0 Å². The summed E-state index contributed by atoms with van der Waals surface area (Å²) >= 11 is 3.28. The quantitative estimate of drug-likeness (QED) is 0.415. The summed E-state index contributed by atoms with van der Waals surface area (Å²) in [5.41, 5.74) is 0.591. The average Bonchev–Trinajstić information content (AvgIpc) is 2.80. The minimum absolute atomic E-state index is 0.0200. The molecule has 0 aliphatic carbocycles. The van der Waals surface area contributed by atoms with Crippen LogP contribution in [0.5, 0.6) is 17.2 Å². The molecule has 0 saturated heterocycles. The molecule has 0 aliphatic heterocycles. The Labute approximate surface area is 186 Å². The van der Waals surface area contributed by atoms with Crippen LogP contribution >= 0.6 is 15.9 Å². The molecule has 0 radical (unpaired) electrons. The molecule has 156 valence electrons. The number of phenols is 1. The third kappa shape index (κ3) is 4.44. The molecule has 0 unspecified atom stereocenters. The highest BCUT2D eigenvalue weighted by atomic mass is 79.9. The van der Waals surface area contributed by atoms with Crippen LogP contribution in [0.25, 0.3) is 10.9 Å². The van der Waals surface area contributed by atoms with Crippen LogP contribution in [0.1, 0.15) is 11.4 Å². The summed E-state index contributed by atoms with van der Waals surface area (Å²) in [4.78, 5) is 17.7. The minimum atomic E-state index is -0.338. The Morgan fingerprint density at radius 2 is 1.84 bits per heavy atom. The molecular weight excluding hydrogens is 462 g/mol. The Balaban J connectivity index is 1.78. The fraction of sp³-hybridized carbons (Fsp3) is 0.0870. The number of nitrogens with zero attached hydrogens (tertiary/aromatic N) is 3. The maximum atomic E-state index is 13.1. The number of aromatic hydroxyl groups is 1. The van der Waals surface area contributed by atoms with Crippen molar-refractivity contribution in [3.05, 3.63) is 92.9 Å². The van der Waals surface area contributed by atoms with Crippen LogP contribution in [0.2, 0.25) is 0 Å². The Morgan fingerprint density at radius 1 is 1.10 bits per heavy atom. The topological polar surface area (TPSA) is 85.9 Å². The molecule has 0 aliphatic rings. The van der Waals surface area contributed by atoms with E-state index in [1.807, 2.05) is 36.4 Å². The van der Waals surface area contributed by atoms with Crippen molar-refractivity contribution in [1.29, 1.82) is 0 Å². The van der Waals surface area contributed by atoms with Gasteiger partial charge in [0, 0.05) is 5.56 Å². The molecular formula is C23H18BrN3O4. The summed E-state index contributed by atoms with van der Waals surface area (Å²) in [6.45, 7) is 0.0369. The molecule has 7 nitrogen and oxygen atoms in total. The van der Waals surface area contributed by atoms with E-state index in [1.165, 1.54) is 18.0 Å². The van der Waals surface area contributed by atoms with Crippen molar-refractivity contribution in [2.24, 2.45) is 5.10 Å². The van der Waals surface area contributed by atoms with E-state index in [0.29, 0.717) is 38.3 Å². The molecule has 4 rings (SSSR count). The molecule has 4 aromatic rings. The van der Waals surface area contributed by atoms with Crippen LogP contribution in [0.4, 0.5) is 0 Å². The normalized spacial score (nSPS) is 11.2. The first-order chi connectivity index (χ1) is 15.1. The van der Waals surface area contributed by atoms with Gasteiger partial charge in [0.15, 0.2) is 5.82 Å². The number of phenolic OH excluding ortho intramolecular Hbond substituents is 1. The minimum Gasteiger partial charge on any atom is -0.506 e. The standard InChI is InChI=1S/C23H18BrN3O4/c1-30-17-11-15(22(28)19(24)12-17)13-25-27-21(14-31-16-7-3-2-4-8-16)26-20-10-6-5-9-18(20)23(27)29/h2-13,28H,14H2,1H3/b25-13+. The highest BCUT2D eigenvalue weighted by Crippen LogP contribution is 2.31. The number of methoxy groups -OCH3 is 1. The maximum absolute atomic E-state index is 13.1. The number of benzene rings is 3. The van der Waals surface area contributed by atoms with Crippen molar-refractivity contribution in [3.63, 3.8) is 0 Å². The van der Waals surface area contributed by atoms with Crippen LogP contribution in [0, 0.1) is 0 Å². The third-order valence-corrected chi connectivity index (χ3v) is 5.15. The van der Waals surface area contributed by atoms with Gasteiger partial charge in [-0.3, -0.25) is 4.79 Å². The highest BCUT2D eigenvalue weighted by Gasteiger charge is 2.12. The SMILES string of the molecule is COc1cc(Br)c(O)c(/C=N/n2c(COc3ccccc3)nc3ccccc3c2=O)c1. The molecule has 0 amide bonds. The van der Waals surface area contributed by atoms with E-state index in [1.54, 1.807) is 30.3 Å². The second-order valence-corrected chi connectivity index (χ2v) is 7.41. The lowest BCUT2D eigenvalue weighted by atomic mass is 10.2. The number of hydrogen-bond acceptors (Lipinski definition) is 6. The molecule has 31 heavy (non-hydrogen) atoms. The molecule has 1 N–H and O–H groups in total. The molecule has 8 heteroatoms. The van der Waals surface area contributed by atoms with Crippen molar-refractivity contribution in [1.82, 2.24) is 9.66 Å². The lowest BCUT2D eigenvalue weighted by molar-refractivity contribution is 0.289. The van der Waals surface area contributed by atoms with E-state index in [2.05, 4.69) is 26.0 Å². The van der Waals surface area contributed by atoms with Gasteiger partial charge in [-0.15, -0.1) is 0 Å². The van der Waals surface area contributed by atoms with E-state index in [-0.39, 0.29) is 17.9 Å². The van der Waals surface area contributed by atoms with Crippen LogP contribution in [0.15, 0.2) is 81.1 Å². The summed E-state index contributed by atoms with van der Waals surface area (Å²) in [7, 11) is 1.52. The van der Waals surface area contributed by atoms with Crippen molar-refractivity contribution < 1.29 is 14.6 Å². The van der Waals surface area contributed by atoms with Gasteiger partial charge in [0.25, 0.3) is 5.56 Å². The number of ether oxygens (including phenoxy) is 2. The Bertz CT molecular complexity index is 1320. The molecule has 1 aromatic heterocycles. The monoisotopic (exact) mass is 479 g/mol. The number of para-hydroxylation sites is 2. The smallest absolute Gasteiger partial charge is 0.282 e. The van der Waals surface area contributed by atoms with Gasteiger partial charge in [-0.25, -0.2) is 4.98 Å². The lowest BCUT2D eigenvalue weighted by Gasteiger charge is -2.11. The van der Waals surface area contributed by atoms with Gasteiger partial charge in [0.1, 0.15) is 23.9 Å². The van der Waals surface area contributed by atoms with Gasteiger partial charge in [-0.05, 0) is 52.3 Å². The molecule has 3 aromatic carbocycles. The number of hydrogen-bond donors (Lipinski definition) is 1. The zero-order chi connectivity index (χ0) is 21.8. The maximum Gasteiger partial charge on any atom is 0.282 e. The van der Waals surface area contributed by atoms with Gasteiger partial charge in [-0.1, -0.05) is 30.3 Å². The molecule has 0 bridgehead atoms. The molecule has 0 saturated carbocycles. The first kappa shape index (κ1) is 20.6. The van der Waals surface area contributed by atoms with Crippen LogP contribution in [-0.4, -0.2) is 28.1 Å². The van der Waals surface area contributed by atoms with Gasteiger partial charge < -0.3 is 14.6 Å². The molecule has 0 atom stereocenters. The third-order valence-electron chi connectivity index (χ3n) is 4.55. The summed E-state index contributed by atoms with van der Waals surface area (Å²) in [5.74, 6) is 1.48. The Kier molecular flexibility index (Phi) is 5.99. The number of aromatic nitrogens is 2.